The number of carbonyl (C=O) groups excluding carboxylic acids is 2. The highest BCUT2D eigenvalue weighted by molar-refractivity contribution is 6.06. The Morgan fingerprint density at radius 2 is 1.37 bits per heavy atom. The predicted octanol–water partition coefficient (Wildman–Crippen LogP) is 9.60. The molecule has 5 aromatic carbocycles. The molecule has 0 fully saturated rings. The fraction of sp³-hybridized carbons (Fsp3) is 0.0732. The number of benzene rings is 5. The molecule has 2 aliphatic carbocycles. The zero-order chi connectivity index (χ0) is 31.8. The Morgan fingerprint density at radius 1 is 0.739 bits per heavy atom. The molecule has 224 valence electrons. The topological polar surface area (TPSA) is 55.8 Å². The number of allylic oxidation sites excluding steroid dienone is 3. The maximum atomic E-state index is 12.2. The smallest absolute Gasteiger partial charge is 0.338 e. The van der Waals surface area contributed by atoms with Gasteiger partial charge in [-0.1, -0.05) is 79.9 Å². The fourth-order valence-electron chi connectivity index (χ4n) is 6.18. The van der Waals surface area contributed by atoms with Crippen molar-refractivity contribution in [3.05, 3.63) is 157 Å². The van der Waals surface area contributed by atoms with Gasteiger partial charge in [0, 0.05) is 28.6 Å². The number of nitrogens with zero attached hydrogens (tertiary/aromatic N) is 1. The molecule has 5 aromatic rings. The second-order valence-corrected chi connectivity index (χ2v) is 11.4. The van der Waals surface area contributed by atoms with Gasteiger partial charge in [0.2, 0.25) is 0 Å². The van der Waals surface area contributed by atoms with Gasteiger partial charge in [-0.25, -0.2) is 9.59 Å². The van der Waals surface area contributed by atoms with Crippen LogP contribution in [0.4, 0.5) is 11.4 Å². The lowest BCUT2D eigenvalue weighted by atomic mass is 9.80. The third kappa shape index (κ3) is 5.33. The number of hydrogen-bond donors (Lipinski definition) is 0. The van der Waals surface area contributed by atoms with Gasteiger partial charge >= 0.3 is 11.9 Å². The van der Waals surface area contributed by atoms with Crippen LogP contribution in [-0.4, -0.2) is 11.9 Å². The van der Waals surface area contributed by atoms with Crippen LogP contribution in [0.3, 0.4) is 0 Å². The first-order chi connectivity index (χ1) is 22.4. The van der Waals surface area contributed by atoms with E-state index < -0.39 is 11.9 Å². The third-order valence-electron chi connectivity index (χ3n) is 8.41. The number of esters is 2. The van der Waals surface area contributed by atoms with Crippen LogP contribution in [0.2, 0.25) is 0 Å². The maximum absolute atomic E-state index is 12.2. The van der Waals surface area contributed by atoms with E-state index in [0.717, 1.165) is 47.1 Å². The van der Waals surface area contributed by atoms with Gasteiger partial charge in [0.1, 0.15) is 11.5 Å². The lowest BCUT2D eigenvalue weighted by molar-refractivity contribution is -0.130. The van der Waals surface area contributed by atoms with Crippen LogP contribution in [0.5, 0.6) is 11.5 Å². The Labute approximate surface area is 268 Å². The normalized spacial score (nSPS) is 12.9. The number of ether oxygens (including phenoxy) is 2. The molecule has 0 aliphatic heterocycles. The van der Waals surface area contributed by atoms with Crippen LogP contribution in [0.1, 0.15) is 30.0 Å². The van der Waals surface area contributed by atoms with Gasteiger partial charge in [-0.3, -0.25) is 0 Å². The quantitative estimate of drug-likeness (QED) is 0.101. The SMILES string of the molecule is C=CC(=O)Oc1ccc(-c2ccc(N(C3=CCC4=CCc5cccc6ccc3c4c56)c3ccc(OC(=O)C(=C)C)cc3)cc2)cc1. The molecule has 0 bridgehead atoms. The van der Waals surface area contributed by atoms with Crippen molar-refractivity contribution in [1.29, 1.82) is 0 Å². The lowest BCUT2D eigenvalue weighted by Crippen LogP contribution is -2.19. The van der Waals surface area contributed by atoms with Crippen molar-refractivity contribution in [2.24, 2.45) is 0 Å². The number of rotatable bonds is 8. The molecule has 0 amide bonds. The van der Waals surface area contributed by atoms with Crippen LogP contribution in [0.15, 0.2) is 140 Å². The Balaban J connectivity index is 1.29. The molecule has 0 heterocycles. The van der Waals surface area contributed by atoms with E-state index in [0.29, 0.717) is 17.1 Å². The highest BCUT2D eigenvalue weighted by Gasteiger charge is 2.27. The van der Waals surface area contributed by atoms with E-state index in [2.05, 4.69) is 84.8 Å². The molecule has 0 radical (unpaired) electrons. The molecule has 5 heteroatoms. The minimum Gasteiger partial charge on any atom is -0.423 e. The van der Waals surface area contributed by atoms with E-state index >= 15 is 0 Å². The molecule has 7 rings (SSSR count). The Bertz CT molecular complexity index is 2100. The molecular weight excluding hydrogens is 570 g/mol. The van der Waals surface area contributed by atoms with E-state index in [4.69, 9.17) is 9.47 Å². The third-order valence-corrected chi connectivity index (χ3v) is 8.41. The van der Waals surface area contributed by atoms with E-state index in [1.54, 1.807) is 19.1 Å². The van der Waals surface area contributed by atoms with Gasteiger partial charge in [0.05, 0.1) is 5.70 Å². The van der Waals surface area contributed by atoms with Gasteiger partial charge in [0.25, 0.3) is 0 Å². The summed E-state index contributed by atoms with van der Waals surface area (Å²) < 4.78 is 10.7. The van der Waals surface area contributed by atoms with Gasteiger partial charge in [0.15, 0.2) is 0 Å². The molecule has 0 saturated heterocycles. The number of anilines is 2. The second kappa shape index (κ2) is 11.9. The standard InChI is InChI=1S/C41H31NO4/c1-4-38(43)45-34-20-12-28(13-21-34)27-10-16-32(17-11-27)42(33-18-22-35(23-19-33)46-41(44)26(2)3)37-25-15-31-9-8-29-6-5-7-30-14-24-36(37)40(31)39(29)30/h4-7,9-14,16-25H,1-2,8,15H2,3H3. The zero-order valence-corrected chi connectivity index (χ0v) is 25.5. The van der Waals surface area contributed by atoms with Crippen LogP contribution < -0.4 is 14.4 Å². The zero-order valence-electron chi connectivity index (χ0n) is 25.5. The summed E-state index contributed by atoms with van der Waals surface area (Å²) in [7, 11) is 0. The summed E-state index contributed by atoms with van der Waals surface area (Å²) in [4.78, 5) is 26.0. The van der Waals surface area contributed by atoms with Crippen molar-refractivity contribution in [1.82, 2.24) is 0 Å². The van der Waals surface area contributed by atoms with Crippen molar-refractivity contribution >= 4 is 45.4 Å². The summed E-state index contributed by atoms with van der Waals surface area (Å²) in [6, 6.07) is 34.4. The fourth-order valence-corrected chi connectivity index (χ4v) is 6.18. The van der Waals surface area contributed by atoms with E-state index in [1.807, 2.05) is 36.4 Å². The monoisotopic (exact) mass is 601 g/mol. The molecular formula is C41H31NO4. The van der Waals surface area contributed by atoms with E-state index in [-0.39, 0.29) is 0 Å². The van der Waals surface area contributed by atoms with Gasteiger partial charge in [-0.05, 0) is 107 Å². The first kappa shape index (κ1) is 28.8. The Morgan fingerprint density at radius 3 is 2.04 bits per heavy atom. The van der Waals surface area contributed by atoms with Crippen molar-refractivity contribution in [3.63, 3.8) is 0 Å². The Kier molecular flexibility index (Phi) is 7.43. The van der Waals surface area contributed by atoms with Crippen molar-refractivity contribution < 1.29 is 19.1 Å². The van der Waals surface area contributed by atoms with Crippen LogP contribution in [0.25, 0.3) is 33.2 Å². The van der Waals surface area contributed by atoms with E-state index in [9.17, 15) is 9.59 Å². The minimum atomic E-state index is -0.490. The molecule has 0 saturated carbocycles. The highest BCUT2D eigenvalue weighted by Crippen LogP contribution is 2.46. The number of hydrogen-bond acceptors (Lipinski definition) is 5. The average Bonchev–Trinajstić information content (AvgIpc) is 3.09. The van der Waals surface area contributed by atoms with Crippen molar-refractivity contribution in [2.45, 2.75) is 19.8 Å². The van der Waals surface area contributed by atoms with E-state index in [1.165, 1.54) is 33.0 Å². The molecule has 0 N–H and O–H groups in total. The summed E-state index contributed by atoms with van der Waals surface area (Å²) >= 11 is 0. The summed E-state index contributed by atoms with van der Waals surface area (Å²) in [6.07, 6.45) is 7.59. The average molecular weight is 602 g/mol. The maximum Gasteiger partial charge on any atom is 0.338 e. The summed E-state index contributed by atoms with van der Waals surface area (Å²) in [5.41, 5.74) is 10.6. The number of carbonyl (C=O) groups is 2. The first-order valence-electron chi connectivity index (χ1n) is 15.2. The van der Waals surface area contributed by atoms with Crippen LogP contribution >= 0.6 is 0 Å². The molecule has 0 unspecified atom stereocenters. The molecule has 5 nitrogen and oxygen atoms in total. The van der Waals surface area contributed by atoms with Crippen molar-refractivity contribution in [2.75, 3.05) is 4.90 Å². The first-order valence-corrected chi connectivity index (χ1v) is 15.2. The molecule has 0 spiro atoms. The molecule has 0 aromatic heterocycles. The molecule has 2 aliphatic rings. The van der Waals surface area contributed by atoms with Gasteiger partial charge in [-0.15, -0.1) is 0 Å². The van der Waals surface area contributed by atoms with Crippen LogP contribution in [-0.2, 0) is 16.0 Å². The molecule has 0 atom stereocenters. The van der Waals surface area contributed by atoms with Crippen molar-refractivity contribution in [3.8, 4) is 22.6 Å². The van der Waals surface area contributed by atoms with Crippen LogP contribution in [0, 0.1) is 0 Å². The van der Waals surface area contributed by atoms with Gasteiger partial charge < -0.3 is 14.4 Å². The largest absolute Gasteiger partial charge is 0.423 e. The summed E-state index contributed by atoms with van der Waals surface area (Å²) in [5.74, 6) is -0.0142. The highest BCUT2D eigenvalue weighted by atomic mass is 16.5. The minimum absolute atomic E-state index is 0.346. The Hall–Kier alpha value is -5.94. The van der Waals surface area contributed by atoms with Gasteiger partial charge in [-0.2, -0.15) is 0 Å². The predicted molar refractivity (Wildman–Crippen MR) is 185 cm³/mol. The summed E-state index contributed by atoms with van der Waals surface area (Å²) in [5, 5.41) is 2.59. The molecule has 46 heavy (non-hydrogen) atoms. The summed E-state index contributed by atoms with van der Waals surface area (Å²) in [6.45, 7) is 8.77. The lowest BCUT2D eigenvalue weighted by Gasteiger charge is -2.34. The second-order valence-electron chi connectivity index (χ2n) is 11.4.